The summed E-state index contributed by atoms with van der Waals surface area (Å²) in [7, 11) is 1.68. The summed E-state index contributed by atoms with van der Waals surface area (Å²) in [5.41, 5.74) is 2.34. The highest BCUT2D eigenvalue weighted by Crippen LogP contribution is 2.43. The van der Waals surface area contributed by atoms with E-state index in [1.807, 2.05) is 56.3 Å². The number of ether oxygens (including phenoxy) is 1. The van der Waals surface area contributed by atoms with Crippen LogP contribution in [0.1, 0.15) is 36.0 Å². The summed E-state index contributed by atoms with van der Waals surface area (Å²) >= 11 is 1.69. The van der Waals surface area contributed by atoms with Crippen LogP contribution in [0.5, 0.6) is 5.75 Å². The number of rotatable bonds is 5. The molecule has 4 nitrogen and oxygen atoms in total. The van der Waals surface area contributed by atoms with Gasteiger partial charge in [-0.05, 0) is 47.4 Å². The molecule has 30 heavy (non-hydrogen) atoms. The second kappa shape index (κ2) is 8.54. The zero-order valence-electron chi connectivity index (χ0n) is 17.5. The van der Waals surface area contributed by atoms with Crippen molar-refractivity contribution >= 4 is 23.2 Å². The first-order chi connectivity index (χ1) is 14.5. The minimum Gasteiger partial charge on any atom is -0.497 e. The van der Waals surface area contributed by atoms with Crippen LogP contribution in [0, 0.1) is 5.41 Å². The number of Topliss-reactive ketones (excluding diaryl/α,β-unsaturated/α-hetero) is 1. The van der Waals surface area contributed by atoms with Crippen LogP contribution in [0.2, 0.25) is 0 Å². The average molecular weight is 419 g/mol. The maximum atomic E-state index is 13.5. The summed E-state index contributed by atoms with van der Waals surface area (Å²) < 4.78 is 5.30. The Morgan fingerprint density at radius 3 is 2.60 bits per heavy atom. The number of hydrogen-bond acceptors (Lipinski definition) is 5. The van der Waals surface area contributed by atoms with Gasteiger partial charge in [-0.15, -0.1) is 11.3 Å². The Kier molecular flexibility index (Phi) is 5.84. The van der Waals surface area contributed by atoms with Crippen molar-refractivity contribution in [1.29, 1.82) is 0 Å². The Balaban J connectivity index is 1.77. The molecule has 0 spiro atoms. The van der Waals surface area contributed by atoms with Crippen LogP contribution in [-0.2, 0) is 11.3 Å². The van der Waals surface area contributed by atoms with Crippen LogP contribution in [0.3, 0.4) is 0 Å². The van der Waals surface area contributed by atoms with Gasteiger partial charge in [-0.25, -0.2) is 0 Å². The number of nitrogens with zero attached hydrogens (tertiary/aromatic N) is 2. The monoisotopic (exact) mass is 418 g/mol. The molecule has 2 aromatic heterocycles. The SMILES string of the molecule is COc1ccc(CN2CC(C)(C)C(=O)/C(=C/c3ccccn3)C2c2cccs2)cc1. The van der Waals surface area contributed by atoms with Crippen LogP contribution in [-0.4, -0.2) is 29.3 Å². The number of methoxy groups -OCH3 is 1. The van der Waals surface area contributed by atoms with E-state index in [4.69, 9.17) is 4.74 Å². The molecular weight excluding hydrogens is 392 g/mol. The lowest BCUT2D eigenvalue weighted by molar-refractivity contribution is -0.128. The number of likely N-dealkylation sites (tertiary alicyclic amines) is 1. The first kappa shape index (κ1) is 20.5. The van der Waals surface area contributed by atoms with Gasteiger partial charge in [0.05, 0.1) is 18.8 Å². The van der Waals surface area contributed by atoms with Gasteiger partial charge in [-0.2, -0.15) is 0 Å². The highest BCUT2D eigenvalue weighted by Gasteiger charge is 2.44. The quantitative estimate of drug-likeness (QED) is 0.521. The van der Waals surface area contributed by atoms with Crippen LogP contribution >= 0.6 is 11.3 Å². The standard InChI is InChI=1S/C25H26N2O2S/c1-25(2)17-27(16-18-9-11-20(29-3)12-10-18)23(22-8-6-14-30-22)21(24(25)28)15-19-7-4-5-13-26-19/h4-15,23H,16-17H2,1-3H3/b21-15+. The summed E-state index contributed by atoms with van der Waals surface area (Å²) in [6.45, 7) is 5.52. The molecule has 1 unspecified atom stereocenters. The number of carbonyl (C=O) groups excluding carboxylic acids is 1. The number of ketones is 1. The third kappa shape index (κ3) is 4.23. The molecule has 5 heteroatoms. The maximum absolute atomic E-state index is 13.5. The molecule has 154 valence electrons. The van der Waals surface area contributed by atoms with Gasteiger partial charge in [-0.1, -0.05) is 38.1 Å². The van der Waals surface area contributed by atoms with Crippen molar-refractivity contribution in [3.05, 3.63) is 87.9 Å². The lowest BCUT2D eigenvalue weighted by atomic mass is 9.76. The lowest BCUT2D eigenvalue weighted by Crippen LogP contribution is -2.48. The molecule has 0 amide bonds. The van der Waals surface area contributed by atoms with E-state index in [9.17, 15) is 4.79 Å². The van der Waals surface area contributed by atoms with Gasteiger partial charge in [0.25, 0.3) is 0 Å². The fraction of sp³-hybridized carbons (Fsp3) is 0.280. The number of carbonyl (C=O) groups is 1. The molecule has 0 radical (unpaired) electrons. The number of aromatic nitrogens is 1. The van der Waals surface area contributed by atoms with Crippen molar-refractivity contribution in [2.75, 3.05) is 13.7 Å². The lowest BCUT2D eigenvalue weighted by Gasteiger charge is -2.44. The largest absolute Gasteiger partial charge is 0.497 e. The van der Waals surface area contributed by atoms with E-state index in [0.717, 1.165) is 23.6 Å². The number of piperidine rings is 1. The Morgan fingerprint density at radius 2 is 1.97 bits per heavy atom. The van der Waals surface area contributed by atoms with Crippen LogP contribution in [0.4, 0.5) is 0 Å². The fourth-order valence-electron chi connectivity index (χ4n) is 4.04. The first-order valence-corrected chi connectivity index (χ1v) is 10.9. The van der Waals surface area contributed by atoms with E-state index < -0.39 is 5.41 Å². The molecule has 1 aliphatic heterocycles. The second-order valence-electron chi connectivity index (χ2n) is 8.24. The summed E-state index contributed by atoms with van der Waals surface area (Å²) in [5, 5.41) is 2.07. The van der Waals surface area contributed by atoms with Crippen molar-refractivity contribution in [3.8, 4) is 5.75 Å². The molecule has 1 aliphatic rings. The minimum atomic E-state index is -0.471. The zero-order valence-corrected chi connectivity index (χ0v) is 18.4. The van der Waals surface area contributed by atoms with Gasteiger partial charge in [0.2, 0.25) is 0 Å². The summed E-state index contributed by atoms with van der Waals surface area (Å²) in [4.78, 5) is 21.5. The highest BCUT2D eigenvalue weighted by molar-refractivity contribution is 7.10. The molecule has 1 atom stereocenters. The highest BCUT2D eigenvalue weighted by atomic mass is 32.1. The molecule has 3 aromatic rings. The minimum absolute atomic E-state index is 0.0883. The van der Waals surface area contributed by atoms with Crippen LogP contribution < -0.4 is 4.74 Å². The van der Waals surface area contributed by atoms with E-state index in [2.05, 4.69) is 33.5 Å². The van der Waals surface area contributed by atoms with Gasteiger partial charge < -0.3 is 4.74 Å². The van der Waals surface area contributed by atoms with E-state index in [1.54, 1.807) is 24.6 Å². The normalized spacial score (nSPS) is 20.4. The van der Waals surface area contributed by atoms with E-state index in [0.29, 0.717) is 6.54 Å². The number of hydrogen-bond donors (Lipinski definition) is 0. The Morgan fingerprint density at radius 1 is 1.17 bits per heavy atom. The van der Waals surface area contributed by atoms with Crippen LogP contribution in [0.25, 0.3) is 6.08 Å². The smallest absolute Gasteiger partial charge is 0.167 e. The first-order valence-electron chi connectivity index (χ1n) is 10.1. The predicted molar refractivity (Wildman–Crippen MR) is 121 cm³/mol. The number of thiophene rings is 1. The van der Waals surface area contributed by atoms with E-state index in [1.165, 1.54) is 10.4 Å². The van der Waals surface area contributed by atoms with E-state index >= 15 is 0 Å². The van der Waals surface area contributed by atoms with Crippen molar-refractivity contribution in [3.63, 3.8) is 0 Å². The van der Waals surface area contributed by atoms with Crippen molar-refractivity contribution in [2.45, 2.75) is 26.4 Å². The van der Waals surface area contributed by atoms with Gasteiger partial charge in [0.15, 0.2) is 5.78 Å². The molecule has 0 bridgehead atoms. The molecule has 0 saturated carbocycles. The third-order valence-electron chi connectivity index (χ3n) is 5.48. The topological polar surface area (TPSA) is 42.4 Å². The molecule has 3 heterocycles. The van der Waals surface area contributed by atoms with Crippen molar-refractivity contribution < 1.29 is 9.53 Å². The maximum Gasteiger partial charge on any atom is 0.167 e. The molecule has 1 saturated heterocycles. The van der Waals surface area contributed by atoms with E-state index in [-0.39, 0.29) is 11.8 Å². The van der Waals surface area contributed by atoms with Crippen LogP contribution in [0.15, 0.2) is 71.7 Å². The average Bonchev–Trinajstić information content (AvgIpc) is 3.27. The fourth-order valence-corrected chi connectivity index (χ4v) is 4.92. The van der Waals surface area contributed by atoms with Gasteiger partial charge >= 0.3 is 0 Å². The summed E-state index contributed by atoms with van der Waals surface area (Å²) in [6, 6.07) is 18.0. The van der Waals surface area contributed by atoms with Crippen molar-refractivity contribution in [2.24, 2.45) is 5.41 Å². The molecule has 4 rings (SSSR count). The van der Waals surface area contributed by atoms with Gasteiger partial charge in [0, 0.05) is 35.2 Å². The van der Waals surface area contributed by atoms with Gasteiger partial charge in [-0.3, -0.25) is 14.7 Å². The second-order valence-corrected chi connectivity index (χ2v) is 9.22. The zero-order chi connectivity index (χ0) is 21.1. The summed E-state index contributed by atoms with van der Waals surface area (Å²) in [5.74, 6) is 1.04. The Hall–Kier alpha value is -2.76. The molecular formula is C25H26N2O2S. The molecule has 0 aliphatic carbocycles. The molecule has 1 aromatic carbocycles. The van der Waals surface area contributed by atoms with Gasteiger partial charge in [0.1, 0.15) is 5.75 Å². The number of pyridine rings is 1. The summed E-state index contributed by atoms with van der Waals surface area (Å²) in [6.07, 6.45) is 3.73. The molecule has 0 N–H and O–H groups in total. The Bertz CT molecular complexity index is 1020. The number of benzene rings is 1. The predicted octanol–water partition coefficient (Wildman–Crippen LogP) is 5.39. The molecule has 1 fully saturated rings. The Labute approximate surface area is 181 Å². The third-order valence-corrected chi connectivity index (χ3v) is 6.41. The van der Waals surface area contributed by atoms with Crippen molar-refractivity contribution in [1.82, 2.24) is 9.88 Å².